The van der Waals surface area contributed by atoms with Gasteiger partial charge in [0.15, 0.2) is 0 Å². The van der Waals surface area contributed by atoms with Crippen LogP contribution in [0.15, 0.2) is 11.6 Å². The van der Waals surface area contributed by atoms with E-state index in [4.69, 9.17) is 0 Å². The molecule has 0 radical (unpaired) electrons. The predicted molar refractivity (Wildman–Crippen MR) is 66.4 cm³/mol. The van der Waals surface area contributed by atoms with Crippen LogP contribution in [0.25, 0.3) is 0 Å². The molecule has 2 heterocycles. The van der Waals surface area contributed by atoms with E-state index in [2.05, 4.69) is 25.5 Å². The van der Waals surface area contributed by atoms with Gasteiger partial charge in [0.2, 0.25) is 5.82 Å². The fourth-order valence-corrected chi connectivity index (χ4v) is 2.33. The third kappa shape index (κ3) is 2.26. The number of aromatic amines is 1. The summed E-state index contributed by atoms with van der Waals surface area (Å²) in [6.45, 7) is 1.89. The van der Waals surface area contributed by atoms with Gasteiger partial charge in [0.05, 0.1) is 6.04 Å². The lowest BCUT2D eigenvalue weighted by molar-refractivity contribution is 0.0929. The molecule has 3 rings (SSSR count). The number of H-pyrrole nitrogens is 1. The maximum Gasteiger partial charge on any atom is 0.291 e. The number of aromatic nitrogens is 4. The van der Waals surface area contributed by atoms with Crippen LogP contribution in [0.4, 0.5) is 0 Å². The Labute approximate surface area is 108 Å². The van der Waals surface area contributed by atoms with Crippen molar-refractivity contribution in [3.8, 4) is 0 Å². The summed E-state index contributed by atoms with van der Waals surface area (Å²) in [6.07, 6.45) is 3.98. The molecule has 1 atom stereocenters. The Kier molecular flexibility index (Phi) is 2.83. The van der Waals surface area contributed by atoms with Gasteiger partial charge in [-0.1, -0.05) is 0 Å². The molecule has 6 nitrogen and oxygen atoms in total. The Balaban J connectivity index is 1.66. The van der Waals surface area contributed by atoms with Gasteiger partial charge in [-0.05, 0) is 19.8 Å². The lowest BCUT2D eigenvalue weighted by Gasteiger charge is -2.08. The molecule has 2 N–H and O–H groups in total. The molecule has 1 unspecified atom stereocenters. The lowest BCUT2D eigenvalue weighted by atomic mass is 10.3. The predicted octanol–water partition coefficient (Wildman–Crippen LogP) is 1.63. The van der Waals surface area contributed by atoms with E-state index in [0.29, 0.717) is 5.92 Å². The van der Waals surface area contributed by atoms with E-state index in [1.54, 1.807) is 6.20 Å². The smallest absolute Gasteiger partial charge is 0.291 e. The first-order valence-electron chi connectivity index (χ1n) is 5.86. The highest BCUT2D eigenvalue weighted by Gasteiger charge is 2.28. The lowest BCUT2D eigenvalue weighted by Crippen LogP contribution is -2.27. The van der Waals surface area contributed by atoms with E-state index in [1.807, 2.05) is 12.3 Å². The fourth-order valence-electron chi connectivity index (χ4n) is 1.69. The number of hydrogen-bond acceptors (Lipinski definition) is 5. The van der Waals surface area contributed by atoms with Gasteiger partial charge in [0.1, 0.15) is 10.8 Å². The molecular formula is C11H13N5OS. The van der Waals surface area contributed by atoms with Crippen molar-refractivity contribution in [1.82, 2.24) is 25.5 Å². The fraction of sp³-hybridized carbons (Fsp3) is 0.455. The normalized spacial score (nSPS) is 16.5. The molecule has 1 saturated carbocycles. The third-order valence-corrected chi connectivity index (χ3v) is 3.80. The maximum absolute atomic E-state index is 11.9. The van der Waals surface area contributed by atoms with Crippen LogP contribution in [0.3, 0.4) is 0 Å². The zero-order chi connectivity index (χ0) is 12.5. The van der Waals surface area contributed by atoms with E-state index < -0.39 is 0 Å². The molecule has 0 spiro atoms. The summed E-state index contributed by atoms with van der Waals surface area (Å²) >= 11 is 1.51. The third-order valence-electron chi connectivity index (χ3n) is 2.84. The first-order valence-corrected chi connectivity index (χ1v) is 6.74. The summed E-state index contributed by atoms with van der Waals surface area (Å²) in [4.78, 5) is 20.3. The second-order valence-electron chi connectivity index (χ2n) is 4.38. The monoisotopic (exact) mass is 263 g/mol. The van der Waals surface area contributed by atoms with E-state index in [-0.39, 0.29) is 17.8 Å². The van der Waals surface area contributed by atoms with Crippen LogP contribution in [-0.2, 0) is 0 Å². The quantitative estimate of drug-likeness (QED) is 0.878. The number of rotatable bonds is 4. The summed E-state index contributed by atoms with van der Waals surface area (Å²) in [6, 6.07) is -0.125. The molecule has 0 aliphatic heterocycles. The Morgan fingerprint density at radius 2 is 2.44 bits per heavy atom. The molecule has 0 saturated heterocycles. The Hall–Kier alpha value is -1.76. The molecule has 1 aliphatic rings. The minimum Gasteiger partial charge on any atom is -0.340 e. The minimum atomic E-state index is -0.263. The molecule has 1 fully saturated rings. The number of amides is 1. The van der Waals surface area contributed by atoms with Crippen molar-refractivity contribution in [2.75, 3.05) is 0 Å². The molecule has 0 bridgehead atoms. The summed E-state index contributed by atoms with van der Waals surface area (Å²) in [5.74, 6) is 1.23. The van der Waals surface area contributed by atoms with Crippen molar-refractivity contribution < 1.29 is 4.79 Å². The van der Waals surface area contributed by atoms with Crippen LogP contribution >= 0.6 is 11.3 Å². The van der Waals surface area contributed by atoms with Crippen molar-refractivity contribution in [3.63, 3.8) is 0 Å². The topological polar surface area (TPSA) is 83.6 Å². The van der Waals surface area contributed by atoms with Crippen LogP contribution in [0.2, 0.25) is 0 Å². The molecule has 1 aliphatic carbocycles. The summed E-state index contributed by atoms with van der Waals surface area (Å²) in [7, 11) is 0. The van der Waals surface area contributed by atoms with Crippen LogP contribution in [-0.4, -0.2) is 26.1 Å². The van der Waals surface area contributed by atoms with Crippen molar-refractivity contribution in [2.24, 2.45) is 0 Å². The van der Waals surface area contributed by atoms with Gasteiger partial charge in [-0.15, -0.1) is 16.4 Å². The summed E-state index contributed by atoms with van der Waals surface area (Å²) < 4.78 is 0. The number of nitrogens with zero attached hydrogens (tertiary/aromatic N) is 3. The van der Waals surface area contributed by atoms with Crippen LogP contribution in [0, 0.1) is 0 Å². The maximum atomic E-state index is 11.9. The zero-order valence-electron chi connectivity index (χ0n) is 9.88. The standard InChI is InChI=1S/C11H13N5OS/c1-6(11-12-4-5-18-11)13-10(17)9-14-8(15-16-9)7-2-3-7/h4-7H,2-3H2,1H3,(H,13,17)(H,14,15,16). The van der Waals surface area contributed by atoms with Gasteiger partial charge in [0.25, 0.3) is 5.91 Å². The van der Waals surface area contributed by atoms with E-state index in [0.717, 1.165) is 23.7 Å². The zero-order valence-corrected chi connectivity index (χ0v) is 10.7. The van der Waals surface area contributed by atoms with Gasteiger partial charge in [-0.2, -0.15) is 0 Å². The number of nitrogens with one attached hydrogen (secondary N) is 2. The number of hydrogen-bond donors (Lipinski definition) is 2. The first-order chi connectivity index (χ1) is 8.74. The van der Waals surface area contributed by atoms with Crippen molar-refractivity contribution >= 4 is 17.2 Å². The van der Waals surface area contributed by atoms with E-state index >= 15 is 0 Å². The molecule has 1 amide bonds. The van der Waals surface area contributed by atoms with Gasteiger partial charge >= 0.3 is 0 Å². The van der Waals surface area contributed by atoms with Crippen molar-refractivity contribution in [2.45, 2.75) is 31.7 Å². The SMILES string of the molecule is CC(NC(=O)c1n[nH]c(C2CC2)n1)c1nccs1. The molecular weight excluding hydrogens is 250 g/mol. The molecule has 2 aromatic heterocycles. The van der Waals surface area contributed by atoms with Crippen LogP contribution < -0.4 is 5.32 Å². The number of carbonyl (C=O) groups excluding carboxylic acids is 1. The Morgan fingerprint density at radius 3 is 3.11 bits per heavy atom. The highest BCUT2D eigenvalue weighted by Crippen LogP contribution is 2.37. The average molecular weight is 263 g/mol. The summed E-state index contributed by atoms with van der Waals surface area (Å²) in [5.41, 5.74) is 0. The van der Waals surface area contributed by atoms with Crippen LogP contribution in [0.5, 0.6) is 0 Å². The van der Waals surface area contributed by atoms with Crippen molar-refractivity contribution in [3.05, 3.63) is 28.2 Å². The molecule has 7 heteroatoms. The molecule has 18 heavy (non-hydrogen) atoms. The van der Waals surface area contributed by atoms with Gasteiger partial charge in [-0.25, -0.2) is 9.97 Å². The second-order valence-corrected chi connectivity index (χ2v) is 5.31. The van der Waals surface area contributed by atoms with Gasteiger partial charge in [-0.3, -0.25) is 9.89 Å². The van der Waals surface area contributed by atoms with Crippen molar-refractivity contribution in [1.29, 1.82) is 0 Å². The average Bonchev–Trinajstić information content (AvgIpc) is 2.91. The van der Waals surface area contributed by atoms with Gasteiger partial charge < -0.3 is 5.32 Å². The van der Waals surface area contributed by atoms with E-state index in [1.165, 1.54) is 11.3 Å². The van der Waals surface area contributed by atoms with Crippen LogP contribution in [0.1, 0.15) is 53.2 Å². The second kappa shape index (κ2) is 4.49. The summed E-state index contributed by atoms with van der Waals surface area (Å²) in [5, 5.41) is 12.4. The highest BCUT2D eigenvalue weighted by molar-refractivity contribution is 7.09. The van der Waals surface area contributed by atoms with E-state index in [9.17, 15) is 4.79 Å². The Morgan fingerprint density at radius 1 is 1.61 bits per heavy atom. The molecule has 0 aromatic carbocycles. The molecule has 2 aromatic rings. The largest absolute Gasteiger partial charge is 0.340 e. The van der Waals surface area contributed by atoms with Gasteiger partial charge in [0, 0.05) is 17.5 Å². The molecule has 94 valence electrons. The number of carbonyl (C=O) groups is 1. The first kappa shape index (κ1) is 11.3. The highest BCUT2D eigenvalue weighted by atomic mass is 32.1. The minimum absolute atomic E-state index is 0.125. The Bertz CT molecular complexity index is 546. The number of thiazole rings is 1.